The molecule has 372 valence electrons. The van der Waals surface area contributed by atoms with Gasteiger partial charge in [-0.2, -0.15) is 62.3 Å². The van der Waals surface area contributed by atoms with E-state index in [1.807, 2.05) is 12.1 Å². The number of piperidine rings is 1. The molecule has 73 heavy (non-hydrogen) atoms. The molecule has 0 radical (unpaired) electrons. The highest BCUT2D eigenvalue weighted by molar-refractivity contribution is 5.85. The fraction of sp³-hybridized carbons (Fsp3) is 0.340. The van der Waals surface area contributed by atoms with E-state index in [0.717, 1.165) is 24.3 Å². The van der Waals surface area contributed by atoms with E-state index in [1.165, 1.54) is 24.3 Å². The molecule has 8 nitrogen and oxygen atoms in total. The summed E-state index contributed by atoms with van der Waals surface area (Å²) in [5.41, 5.74) is -8.39. The summed E-state index contributed by atoms with van der Waals surface area (Å²) in [4.78, 5) is 7.58. The van der Waals surface area contributed by atoms with Gasteiger partial charge in [-0.3, -0.25) is 5.32 Å². The Hall–Kier alpha value is -7.50. The van der Waals surface area contributed by atoms with Crippen LogP contribution in [0.4, 0.5) is 65.9 Å². The van der Waals surface area contributed by atoms with Crippen molar-refractivity contribution in [2.75, 3.05) is 0 Å². The number of aromatic nitrogens is 3. The molecule has 5 fully saturated rings. The van der Waals surface area contributed by atoms with Gasteiger partial charge in [-0.1, -0.05) is 24.3 Å². The van der Waals surface area contributed by atoms with E-state index < -0.39 is 201 Å². The molecule has 16 atom stereocenters. The lowest BCUT2D eigenvalue weighted by Gasteiger charge is -2.60. The van der Waals surface area contributed by atoms with E-state index in [2.05, 4.69) is 21.0 Å². The SMILES string of the molecule is N#Cc1ccc(C2C(=C(c3c(F)c(F)nc(F)c3F)c3c(F)c(F)nc(F)c3F)C3CC4C(C#N)C(c5ccc(C#N)cc5)C5C(c6c(F)c(F)nc(F)c6F)C6C(F)C(F)NC(F)C6C(C3C2C#N)C45)cc1. The standard InChI is InChI=1S/C50H27F15N8/c51-36-31-30(35-41(56)49(64)73-50(65)42(35)57)27-22(16-5-1-14(10-66)2-6-16)20(12-68)18-9-19-24(28(25(18)27)32(31)43(58)70-44(36)59)21(13-69)23(17-7-3-15(11-67)4-8-17)26(19)29(33-37(52)45(60)71-46(61)38(33)53)34-39(54)47(62)72-48(63)40(34)55/h1-8,18-25,27-28,30-32,36,43-44,70H,9H2. The lowest BCUT2D eigenvalue weighted by Crippen LogP contribution is -2.65. The summed E-state index contributed by atoms with van der Waals surface area (Å²) in [6.07, 6.45) is -9.66. The topological polar surface area (TPSA) is 146 Å². The summed E-state index contributed by atoms with van der Waals surface area (Å²) in [7, 11) is 0. The van der Waals surface area contributed by atoms with Crippen molar-refractivity contribution < 1.29 is 65.9 Å². The monoisotopic (exact) mass is 1020 g/mol. The van der Waals surface area contributed by atoms with E-state index in [4.69, 9.17) is 0 Å². The van der Waals surface area contributed by atoms with Gasteiger partial charge in [0.05, 0.1) is 58.4 Å². The first-order valence-electron chi connectivity index (χ1n) is 22.1. The molecule has 5 aliphatic rings. The number of fused-ring (bicyclic) bond motifs is 4. The number of nitrogens with zero attached hydrogens (tertiary/aromatic N) is 7. The predicted octanol–water partition coefficient (Wildman–Crippen LogP) is 10.6. The molecule has 4 saturated carbocycles. The number of nitriles is 4. The summed E-state index contributed by atoms with van der Waals surface area (Å²) < 4.78 is 242. The van der Waals surface area contributed by atoms with Crippen LogP contribution in [-0.4, -0.2) is 33.7 Å². The van der Waals surface area contributed by atoms with Gasteiger partial charge in [-0.15, -0.1) is 0 Å². The first-order chi connectivity index (χ1) is 34.8. The normalized spacial score (nSPS) is 31.8. The van der Waals surface area contributed by atoms with Crippen molar-refractivity contribution in [3.63, 3.8) is 0 Å². The summed E-state index contributed by atoms with van der Waals surface area (Å²) in [6.45, 7) is 0. The molecule has 2 aromatic carbocycles. The number of halogens is 15. The molecule has 23 heteroatoms. The summed E-state index contributed by atoms with van der Waals surface area (Å²) in [6, 6.07) is 17.2. The average molecular weight is 1020 g/mol. The van der Waals surface area contributed by atoms with E-state index in [9.17, 15) is 21.0 Å². The van der Waals surface area contributed by atoms with E-state index >= 15 is 65.9 Å². The Balaban J connectivity index is 1.37. The average Bonchev–Trinajstić information content (AvgIpc) is 3.88. The Morgan fingerprint density at radius 3 is 1.38 bits per heavy atom. The molecule has 5 aromatic rings. The minimum absolute atomic E-state index is 0.0123. The Kier molecular flexibility index (Phi) is 12.0. The van der Waals surface area contributed by atoms with Gasteiger partial charge >= 0.3 is 0 Å². The Morgan fingerprint density at radius 1 is 0.479 bits per heavy atom. The molecule has 0 bridgehead atoms. The molecule has 1 saturated heterocycles. The minimum atomic E-state index is -3.07. The van der Waals surface area contributed by atoms with Crippen molar-refractivity contribution in [2.45, 2.75) is 42.9 Å². The number of nitrogens with one attached hydrogen (secondary N) is 1. The third kappa shape index (κ3) is 7.09. The molecular weight excluding hydrogens is 998 g/mol. The van der Waals surface area contributed by atoms with E-state index in [0.29, 0.717) is 0 Å². The molecule has 3 aromatic heterocycles. The molecule has 4 heterocycles. The molecule has 0 spiro atoms. The van der Waals surface area contributed by atoms with Crippen LogP contribution in [0.25, 0.3) is 5.57 Å². The number of rotatable bonds is 5. The van der Waals surface area contributed by atoms with Crippen LogP contribution >= 0.6 is 0 Å². The second-order valence-electron chi connectivity index (χ2n) is 18.6. The quantitative estimate of drug-likeness (QED) is 0.104. The fourth-order valence-corrected chi connectivity index (χ4v) is 13.7. The van der Waals surface area contributed by atoms with Gasteiger partial charge in [0, 0.05) is 34.8 Å². The van der Waals surface area contributed by atoms with E-state index in [1.54, 1.807) is 11.4 Å². The van der Waals surface area contributed by atoms with Crippen molar-refractivity contribution in [3.05, 3.63) is 164 Å². The Bertz CT molecular complexity index is 3200. The van der Waals surface area contributed by atoms with Crippen LogP contribution in [-0.2, 0) is 0 Å². The van der Waals surface area contributed by atoms with Gasteiger partial charge in [0.1, 0.15) is 6.17 Å². The predicted molar refractivity (Wildman–Crippen MR) is 217 cm³/mol. The minimum Gasteiger partial charge on any atom is -0.255 e. The number of alkyl halides is 3. The number of pyridine rings is 3. The second-order valence-corrected chi connectivity index (χ2v) is 18.6. The largest absolute Gasteiger partial charge is 0.255 e. The molecule has 4 aliphatic carbocycles. The zero-order valence-electron chi connectivity index (χ0n) is 36.4. The van der Waals surface area contributed by atoms with Crippen LogP contribution in [0, 0.1) is 175 Å². The lowest BCUT2D eigenvalue weighted by atomic mass is 9.45. The van der Waals surface area contributed by atoms with Crippen molar-refractivity contribution in [3.8, 4) is 24.3 Å². The van der Waals surface area contributed by atoms with Crippen LogP contribution in [0.1, 0.15) is 63.1 Å². The molecular formula is C50H27F15N8. The first kappa shape index (κ1) is 49.1. The lowest BCUT2D eigenvalue weighted by molar-refractivity contribution is -0.161. The molecule has 16 unspecified atom stereocenters. The maximum atomic E-state index is 17.4. The number of allylic oxidation sites excluding steroid dienone is 1. The van der Waals surface area contributed by atoms with Gasteiger partial charge in [0.25, 0.3) is 35.7 Å². The van der Waals surface area contributed by atoms with Gasteiger partial charge in [0.15, 0.2) is 47.5 Å². The van der Waals surface area contributed by atoms with E-state index in [-0.39, 0.29) is 22.3 Å². The number of hydrogen-bond donors (Lipinski definition) is 1. The van der Waals surface area contributed by atoms with Gasteiger partial charge in [-0.05, 0) is 88.8 Å². The maximum Gasteiger partial charge on any atom is 0.252 e. The highest BCUT2D eigenvalue weighted by atomic mass is 19.2. The zero-order chi connectivity index (χ0) is 52.4. The molecule has 1 aliphatic heterocycles. The van der Waals surface area contributed by atoms with Crippen LogP contribution in [0.5, 0.6) is 0 Å². The van der Waals surface area contributed by atoms with Crippen LogP contribution in [0.15, 0.2) is 54.1 Å². The fourth-order valence-electron chi connectivity index (χ4n) is 13.7. The van der Waals surface area contributed by atoms with Crippen molar-refractivity contribution in [1.29, 1.82) is 21.0 Å². The smallest absolute Gasteiger partial charge is 0.252 e. The summed E-state index contributed by atoms with van der Waals surface area (Å²) in [5.74, 6) is -52.8. The number of hydrogen-bond acceptors (Lipinski definition) is 8. The Morgan fingerprint density at radius 2 is 0.932 bits per heavy atom. The molecule has 1 N–H and O–H groups in total. The molecule has 0 amide bonds. The second kappa shape index (κ2) is 17.9. The Labute approximate surface area is 402 Å². The van der Waals surface area contributed by atoms with Crippen LogP contribution in [0.3, 0.4) is 0 Å². The highest BCUT2D eigenvalue weighted by Crippen LogP contribution is 2.75. The third-order valence-electron chi connectivity index (χ3n) is 15.9. The summed E-state index contributed by atoms with van der Waals surface area (Å²) >= 11 is 0. The van der Waals surface area contributed by atoms with Crippen molar-refractivity contribution in [1.82, 2.24) is 20.3 Å². The van der Waals surface area contributed by atoms with Gasteiger partial charge in [-0.25, -0.2) is 39.5 Å². The van der Waals surface area contributed by atoms with Crippen LogP contribution in [0.2, 0.25) is 0 Å². The van der Waals surface area contributed by atoms with Crippen molar-refractivity contribution in [2.24, 2.45) is 59.2 Å². The maximum absolute atomic E-state index is 17.4. The number of benzene rings is 2. The van der Waals surface area contributed by atoms with Gasteiger partial charge in [0.2, 0.25) is 0 Å². The molecule has 10 rings (SSSR count). The highest BCUT2D eigenvalue weighted by Gasteiger charge is 2.73. The van der Waals surface area contributed by atoms with Gasteiger partial charge < -0.3 is 0 Å². The first-order valence-corrected chi connectivity index (χ1v) is 22.1. The van der Waals surface area contributed by atoms with Crippen LogP contribution < -0.4 is 5.32 Å². The third-order valence-corrected chi connectivity index (χ3v) is 15.9. The zero-order valence-corrected chi connectivity index (χ0v) is 36.4. The summed E-state index contributed by atoms with van der Waals surface area (Å²) in [5, 5.41) is 43.8. The van der Waals surface area contributed by atoms with Crippen molar-refractivity contribution >= 4 is 5.57 Å².